The van der Waals surface area contributed by atoms with Crippen LogP contribution in [-0.2, 0) is 4.79 Å². The molecule has 156 valence electrons. The number of carbonyl (C=O) groups excluding carboxylic acids is 1. The molecule has 1 heterocycles. The smallest absolute Gasteiger partial charge is 0.239 e. The van der Waals surface area contributed by atoms with Crippen molar-refractivity contribution in [3.63, 3.8) is 0 Å². The molecule has 0 aromatic rings. The van der Waals surface area contributed by atoms with Gasteiger partial charge in [-0.3, -0.25) is 14.7 Å². The van der Waals surface area contributed by atoms with Gasteiger partial charge in [-0.2, -0.15) is 0 Å². The van der Waals surface area contributed by atoms with Gasteiger partial charge in [0.25, 0.3) is 0 Å². The highest BCUT2D eigenvalue weighted by Gasteiger charge is 2.30. The molecule has 1 unspecified atom stereocenters. The molecular weight excluding hydrogens is 453 g/mol. The molecule has 1 saturated heterocycles. The third kappa shape index (κ3) is 8.37. The van der Waals surface area contributed by atoms with Crippen LogP contribution in [-0.4, -0.2) is 75.0 Å². The number of hydrogen-bond donors (Lipinski definition) is 2. The molecular formula is C20H38IN5O. The standard InChI is InChI=1S/C20H37N5O.HI/c1-21-20(23-14-12-17-9-5-4-6-10-17)22-13-8-16-25-15-7-11-18(25)19(26)24(2)3;/h9,18H,4-8,10-16H2,1-3H3,(H2,21,22,23);1H. The lowest BCUT2D eigenvalue weighted by Crippen LogP contribution is -2.44. The third-order valence-corrected chi connectivity index (χ3v) is 5.35. The maximum absolute atomic E-state index is 12.2. The number of allylic oxidation sites excluding steroid dienone is 1. The number of amides is 1. The second kappa shape index (κ2) is 13.4. The van der Waals surface area contributed by atoms with E-state index in [-0.39, 0.29) is 35.9 Å². The van der Waals surface area contributed by atoms with Crippen LogP contribution in [0.15, 0.2) is 16.6 Å². The molecule has 0 radical (unpaired) electrons. The van der Waals surface area contributed by atoms with E-state index in [9.17, 15) is 4.79 Å². The van der Waals surface area contributed by atoms with Gasteiger partial charge in [0, 0.05) is 40.8 Å². The second-order valence-electron chi connectivity index (χ2n) is 7.56. The number of likely N-dealkylation sites (N-methyl/N-ethyl adjacent to an activating group) is 1. The number of aliphatic imine (C=N–C) groups is 1. The summed E-state index contributed by atoms with van der Waals surface area (Å²) in [7, 11) is 5.51. The molecule has 1 aliphatic heterocycles. The molecule has 1 aliphatic carbocycles. The average Bonchev–Trinajstić information content (AvgIpc) is 3.12. The number of guanidine groups is 1. The Labute approximate surface area is 182 Å². The molecule has 0 saturated carbocycles. The SMILES string of the molecule is CN=C(NCCCN1CCCC1C(=O)N(C)C)NCCC1=CCCCC1.I. The van der Waals surface area contributed by atoms with E-state index in [1.165, 1.54) is 25.7 Å². The van der Waals surface area contributed by atoms with Crippen LogP contribution in [0.5, 0.6) is 0 Å². The normalized spacial score (nSPS) is 20.6. The molecule has 1 atom stereocenters. The molecule has 2 aliphatic rings. The number of carbonyl (C=O) groups is 1. The fourth-order valence-electron chi connectivity index (χ4n) is 3.85. The highest BCUT2D eigenvalue weighted by Crippen LogP contribution is 2.19. The monoisotopic (exact) mass is 491 g/mol. The van der Waals surface area contributed by atoms with Crippen LogP contribution >= 0.6 is 24.0 Å². The molecule has 2 rings (SSSR count). The number of hydrogen-bond acceptors (Lipinski definition) is 3. The zero-order valence-corrected chi connectivity index (χ0v) is 19.6. The minimum absolute atomic E-state index is 0. The largest absolute Gasteiger partial charge is 0.356 e. The first kappa shape index (κ1) is 24.2. The van der Waals surface area contributed by atoms with Gasteiger partial charge in [0.2, 0.25) is 5.91 Å². The molecule has 0 bridgehead atoms. The summed E-state index contributed by atoms with van der Waals surface area (Å²) in [6, 6.07) is 0.0752. The van der Waals surface area contributed by atoms with Crippen molar-refractivity contribution in [1.82, 2.24) is 20.4 Å². The van der Waals surface area contributed by atoms with Crippen LogP contribution in [0.4, 0.5) is 0 Å². The van der Waals surface area contributed by atoms with Gasteiger partial charge in [-0.1, -0.05) is 11.6 Å². The summed E-state index contributed by atoms with van der Waals surface area (Å²) in [4.78, 5) is 20.6. The van der Waals surface area contributed by atoms with Crippen molar-refractivity contribution in [3.8, 4) is 0 Å². The Morgan fingerprint density at radius 2 is 2.04 bits per heavy atom. The topological polar surface area (TPSA) is 60.0 Å². The van der Waals surface area contributed by atoms with Crippen LogP contribution in [0, 0.1) is 0 Å². The Kier molecular flexibility index (Phi) is 12.0. The summed E-state index contributed by atoms with van der Waals surface area (Å²) >= 11 is 0. The Balaban J connectivity index is 0.00000364. The molecule has 0 aromatic heterocycles. The third-order valence-electron chi connectivity index (χ3n) is 5.35. The number of nitrogens with zero attached hydrogens (tertiary/aromatic N) is 3. The Morgan fingerprint density at radius 3 is 2.70 bits per heavy atom. The van der Waals surface area contributed by atoms with Crippen LogP contribution in [0.1, 0.15) is 51.4 Å². The van der Waals surface area contributed by atoms with Gasteiger partial charge in [-0.05, 0) is 57.9 Å². The van der Waals surface area contributed by atoms with Crippen molar-refractivity contribution in [2.45, 2.75) is 57.4 Å². The molecule has 1 fully saturated rings. The van der Waals surface area contributed by atoms with Gasteiger partial charge >= 0.3 is 0 Å². The van der Waals surface area contributed by atoms with Crippen molar-refractivity contribution in [2.75, 3.05) is 47.3 Å². The van der Waals surface area contributed by atoms with Crippen molar-refractivity contribution in [1.29, 1.82) is 0 Å². The van der Waals surface area contributed by atoms with E-state index in [4.69, 9.17) is 0 Å². The van der Waals surface area contributed by atoms with E-state index in [1.807, 2.05) is 21.1 Å². The Morgan fingerprint density at radius 1 is 1.26 bits per heavy atom. The molecule has 1 amide bonds. The number of nitrogens with one attached hydrogen (secondary N) is 2. The highest BCUT2D eigenvalue weighted by atomic mass is 127. The summed E-state index contributed by atoms with van der Waals surface area (Å²) < 4.78 is 0. The van der Waals surface area contributed by atoms with E-state index in [0.29, 0.717) is 0 Å². The summed E-state index contributed by atoms with van der Waals surface area (Å²) in [5.41, 5.74) is 1.59. The Bertz CT molecular complexity index is 507. The van der Waals surface area contributed by atoms with Gasteiger partial charge in [0.15, 0.2) is 5.96 Å². The predicted molar refractivity (Wildman–Crippen MR) is 124 cm³/mol. The first-order valence-corrected chi connectivity index (χ1v) is 10.2. The van der Waals surface area contributed by atoms with Crippen LogP contribution < -0.4 is 10.6 Å². The number of rotatable bonds is 8. The van der Waals surface area contributed by atoms with Crippen molar-refractivity contribution >= 4 is 35.8 Å². The minimum atomic E-state index is 0. The number of halogens is 1. The van der Waals surface area contributed by atoms with Gasteiger partial charge in [-0.25, -0.2) is 0 Å². The van der Waals surface area contributed by atoms with Gasteiger partial charge in [0.1, 0.15) is 0 Å². The molecule has 0 aromatic carbocycles. The summed E-state index contributed by atoms with van der Waals surface area (Å²) in [6.07, 6.45) is 11.8. The quantitative estimate of drug-likeness (QED) is 0.180. The van der Waals surface area contributed by atoms with Crippen molar-refractivity contribution < 1.29 is 4.79 Å². The predicted octanol–water partition coefficient (Wildman–Crippen LogP) is 2.60. The lowest BCUT2D eigenvalue weighted by Gasteiger charge is -2.26. The zero-order chi connectivity index (χ0) is 18.8. The number of likely N-dealkylation sites (tertiary alicyclic amines) is 1. The van der Waals surface area contributed by atoms with E-state index >= 15 is 0 Å². The van der Waals surface area contributed by atoms with Gasteiger partial charge in [-0.15, -0.1) is 24.0 Å². The van der Waals surface area contributed by atoms with Gasteiger partial charge in [0.05, 0.1) is 6.04 Å². The second-order valence-corrected chi connectivity index (χ2v) is 7.56. The molecule has 0 spiro atoms. The minimum Gasteiger partial charge on any atom is -0.356 e. The Hall–Kier alpha value is -0.830. The molecule has 6 nitrogen and oxygen atoms in total. The summed E-state index contributed by atoms with van der Waals surface area (Å²) in [5, 5.41) is 6.81. The first-order chi connectivity index (χ1) is 12.6. The first-order valence-electron chi connectivity index (χ1n) is 10.2. The lowest BCUT2D eigenvalue weighted by atomic mass is 9.97. The van der Waals surface area contributed by atoms with E-state index in [1.54, 1.807) is 10.5 Å². The van der Waals surface area contributed by atoms with E-state index < -0.39 is 0 Å². The van der Waals surface area contributed by atoms with Gasteiger partial charge < -0.3 is 15.5 Å². The van der Waals surface area contributed by atoms with Crippen molar-refractivity contribution in [3.05, 3.63) is 11.6 Å². The fourth-order valence-corrected chi connectivity index (χ4v) is 3.85. The summed E-state index contributed by atoms with van der Waals surface area (Å²) in [6.45, 7) is 3.81. The molecule has 27 heavy (non-hydrogen) atoms. The van der Waals surface area contributed by atoms with E-state index in [0.717, 1.165) is 57.8 Å². The highest BCUT2D eigenvalue weighted by molar-refractivity contribution is 14.0. The maximum atomic E-state index is 12.2. The lowest BCUT2D eigenvalue weighted by molar-refractivity contribution is -0.133. The van der Waals surface area contributed by atoms with Crippen LogP contribution in [0.2, 0.25) is 0 Å². The maximum Gasteiger partial charge on any atom is 0.239 e. The fraction of sp³-hybridized carbons (Fsp3) is 0.800. The average molecular weight is 491 g/mol. The zero-order valence-electron chi connectivity index (χ0n) is 17.3. The molecule has 7 heteroatoms. The van der Waals surface area contributed by atoms with Crippen LogP contribution in [0.3, 0.4) is 0 Å². The molecule has 2 N–H and O–H groups in total. The van der Waals surface area contributed by atoms with Crippen molar-refractivity contribution in [2.24, 2.45) is 4.99 Å². The summed E-state index contributed by atoms with van der Waals surface area (Å²) in [5.74, 6) is 1.12. The van der Waals surface area contributed by atoms with Crippen LogP contribution in [0.25, 0.3) is 0 Å². The van der Waals surface area contributed by atoms with E-state index in [2.05, 4.69) is 26.6 Å².